The van der Waals surface area contributed by atoms with Gasteiger partial charge in [-0.15, -0.1) is 0 Å². The number of sulfonamides is 1. The first-order valence-corrected chi connectivity index (χ1v) is 9.30. The summed E-state index contributed by atoms with van der Waals surface area (Å²) in [6.45, 7) is 3.86. The summed E-state index contributed by atoms with van der Waals surface area (Å²) in [5.74, 6) is -0.413. The first-order valence-electron chi connectivity index (χ1n) is 7.86. The van der Waals surface area contributed by atoms with E-state index < -0.39 is 15.9 Å². The number of carbonyl (C=O) groups is 1. The second kappa shape index (κ2) is 7.77. The molecule has 6 nitrogen and oxygen atoms in total. The largest absolute Gasteiger partial charge is 0.326 e. The fourth-order valence-corrected chi connectivity index (χ4v) is 3.53. The van der Waals surface area contributed by atoms with Crippen molar-refractivity contribution in [2.45, 2.75) is 25.3 Å². The lowest BCUT2D eigenvalue weighted by Crippen LogP contribution is -2.35. The third kappa shape index (κ3) is 4.66. The van der Waals surface area contributed by atoms with Crippen LogP contribution in [-0.2, 0) is 21.4 Å². The molecule has 0 unspecified atom stereocenters. The highest BCUT2D eigenvalue weighted by Crippen LogP contribution is 2.18. The zero-order valence-corrected chi connectivity index (χ0v) is 15.4. The number of nitrogens with one attached hydrogen (secondary N) is 1. The normalized spacial score (nSPS) is 11.6. The van der Waals surface area contributed by atoms with Crippen molar-refractivity contribution in [2.24, 2.45) is 5.73 Å². The van der Waals surface area contributed by atoms with Crippen LogP contribution in [0.4, 0.5) is 5.69 Å². The summed E-state index contributed by atoms with van der Waals surface area (Å²) in [7, 11) is -2.34. The SMILES string of the molecule is Cc1ccc(S(=O)(=O)N(C)CC(=O)Nc2cccc(CN)c2)cc1C. The molecule has 0 aliphatic heterocycles. The van der Waals surface area contributed by atoms with E-state index in [-0.39, 0.29) is 11.4 Å². The summed E-state index contributed by atoms with van der Waals surface area (Å²) >= 11 is 0. The Labute approximate surface area is 148 Å². The molecule has 2 aromatic rings. The van der Waals surface area contributed by atoms with E-state index in [1.165, 1.54) is 7.05 Å². The summed E-state index contributed by atoms with van der Waals surface area (Å²) in [4.78, 5) is 12.3. The number of benzene rings is 2. The number of nitrogens with two attached hydrogens (primary N) is 1. The van der Waals surface area contributed by atoms with E-state index in [0.717, 1.165) is 21.0 Å². The van der Waals surface area contributed by atoms with E-state index in [4.69, 9.17) is 5.73 Å². The standard InChI is InChI=1S/C18H23N3O3S/c1-13-7-8-17(9-14(13)2)25(23,24)21(3)12-18(22)20-16-6-4-5-15(10-16)11-19/h4-10H,11-12,19H2,1-3H3,(H,20,22). The van der Waals surface area contributed by atoms with Crippen molar-refractivity contribution in [1.82, 2.24) is 4.31 Å². The molecular formula is C18H23N3O3S. The highest BCUT2D eigenvalue weighted by molar-refractivity contribution is 7.89. The third-order valence-electron chi connectivity index (χ3n) is 4.00. The number of hydrogen-bond donors (Lipinski definition) is 2. The number of anilines is 1. The van der Waals surface area contributed by atoms with Crippen molar-refractivity contribution >= 4 is 21.6 Å². The minimum absolute atomic E-state index is 0.177. The number of nitrogens with zero attached hydrogens (tertiary/aromatic N) is 1. The van der Waals surface area contributed by atoms with Crippen LogP contribution >= 0.6 is 0 Å². The molecule has 0 heterocycles. The topological polar surface area (TPSA) is 92.5 Å². The number of aryl methyl sites for hydroxylation is 2. The van der Waals surface area contributed by atoms with E-state index in [9.17, 15) is 13.2 Å². The molecule has 0 bridgehead atoms. The molecule has 0 aromatic heterocycles. The highest BCUT2D eigenvalue weighted by atomic mass is 32.2. The summed E-state index contributed by atoms with van der Waals surface area (Å²) in [5.41, 5.74) is 8.95. The molecule has 7 heteroatoms. The van der Waals surface area contributed by atoms with Crippen LogP contribution in [0.1, 0.15) is 16.7 Å². The minimum Gasteiger partial charge on any atom is -0.326 e. The highest BCUT2D eigenvalue weighted by Gasteiger charge is 2.23. The molecule has 3 N–H and O–H groups in total. The van der Waals surface area contributed by atoms with Crippen LogP contribution < -0.4 is 11.1 Å². The van der Waals surface area contributed by atoms with E-state index in [2.05, 4.69) is 5.32 Å². The van der Waals surface area contributed by atoms with Crippen LogP contribution in [0.5, 0.6) is 0 Å². The molecule has 0 fully saturated rings. The monoisotopic (exact) mass is 361 g/mol. The van der Waals surface area contributed by atoms with Crippen molar-refractivity contribution in [1.29, 1.82) is 0 Å². The van der Waals surface area contributed by atoms with Crippen LogP contribution in [0.25, 0.3) is 0 Å². The Balaban J connectivity index is 2.10. The van der Waals surface area contributed by atoms with Gasteiger partial charge in [-0.3, -0.25) is 4.79 Å². The molecule has 0 saturated heterocycles. The van der Waals surface area contributed by atoms with Crippen molar-refractivity contribution in [3.63, 3.8) is 0 Å². The quantitative estimate of drug-likeness (QED) is 0.823. The van der Waals surface area contributed by atoms with Crippen molar-refractivity contribution in [2.75, 3.05) is 18.9 Å². The van der Waals surface area contributed by atoms with Gasteiger partial charge in [0.1, 0.15) is 0 Å². The minimum atomic E-state index is -3.73. The zero-order chi connectivity index (χ0) is 18.6. The molecule has 0 saturated carbocycles. The average Bonchev–Trinajstić information content (AvgIpc) is 2.57. The Morgan fingerprint density at radius 1 is 1.12 bits per heavy atom. The fourth-order valence-electron chi connectivity index (χ4n) is 2.32. The Bertz CT molecular complexity index is 879. The molecule has 0 aliphatic rings. The van der Waals surface area contributed by atoms with Gasteiger partial charge in [0.15, 0.2) is 0 Å². The lowest BCUT2D eigenvalue weighted by molar-refractivity contribution is -0.116. The lowest BCUT2D eigenvalue weighted by Gasteiger charge is -2.17. The van der Waals surface area contributed by atoms with Crippen LogP contribution in [0.3, 0.4) is 0 Å². The summed E-state index contributed by atoms with van der Waals surface area (Å²) in [5, 5.41) is 2.69. The van der Waals surface area contributed by atoms with Gasteiger partial charge in [-0.25, -0.2) is 8.42 Å². The first kappa shape index (κ1) is 19.1. The molecule has 1 amide bonds. The maximum atomic E-state index is 12.6. The zero-order valence-electron chi connectivity index (χ0n) is 14.6. The maximum absolute atomic E-state index is 12.6. The van der Waals surface area contributed by atoms with E-state index in [0.29, 0.717) is 12.2 Å². The molecule has 0 spiro atoms. The van der Waals surface area contributed by atoms with Gasteiger partial charge in [0.05, 0.1) is 11.4 Å². The van der Waals surface area contributed by atoms with Crippen LogP contribution in [0, 0.1) is 13.8 Å². The molecule has 2 aromatic carbocycles. The van der Waals surface area contributed by atoms with Crippen LogP contribution in [-0.4, -0.2) is 32.2 Å². The van der Waals surface area contributed by atoms with Gasteiger partial charge >= 0.3 is 0 Å². The molecule has 2 rings (SSSR count). The van der Waals surface area contributed by atoms with Crippen LogP contribution in [0.2, 0.25) is 0 Å². The van der Waals surface area contributed by atoms with E-state index in [1.807, 2.05) is 19.9 Å². The fraction of sp³-hybridized carbons (Fsp3) is 0.278. The summed E-state index contributed by atoms with van der Waals surface area (Å²) in [6.07, 6.45) is 0. The predicted molar refractivity (Wildman–Crippen MR) is 98.7 cm³/mol. The molecule has 25 heavy (non-hydrogen) atoms. The van der Waals surface area contributed by atoms with Gasteiger partial charge in [-0.1, -0.05) is 18.2 Å². The smallest absolute Gasteiger partial charge is 0.243 e. The summed E-state index contributed by atoms with van der Waals surface area (Å²) < 4.78 is 26.3. The average molecular weight is 361 g/mol. The lowest BCUT2D eigenvalue weighted by atomic mass is 10.1. The number of carbonyl (C=O) groups excluding carboxylic acids is 1. The number of hydrogen-bond acceptors (Lipinski definition) is 4. The van der Waals surface area contributed by atoms with Gasteiger partial charge < -0.3 is 11.1 Å². The van der Waals surface area contributed by atoms with Crippen molar-refractivity contribution in [3.05, 3.63) is 59.2 Å². The maximum Gasteiger partial charge on any atom is 0.243 e. The molecular weight excluding hydrogens is 338 g/mol. The Morgan fingerprint density at radius 3 is 2.48 bits per heavy atom. The second-order valence-corrected chi connectivity index (χ2v) is 8.00. The van der Waals surface area contributed by atoms with Gasteiger partial charge in [0, 0.05) is 19.3 Å². The van der Waals surface area contributed by atoms with Crippen molar-refractivity contribution in [3.8, 4) is 0 Å². The Hall–Kier alpha value is -2.22. The van der Waals surface area contributed by atoms with Gasteiger partial charge in [-0.05, 0) is 54.8 Å². The molecule has 0 atom stereocenters. The van der Waals surface area contributed by atoms with Gasteiger partial charge in [0.25, 0.3) is 0 Å². The van der Waals surface area contributed by atoms with Gasteiger partial charge in [-0.2, -0.15) is 4.31 Å². The predicted octanol–water partition coefficient (Wildman–Crippen LogP) is 2.02. The number of likely N-dealkylation sites (N-methyl/N-ethyl adjacent to an activating group) is 1. The van der Waals surface area contributed by atoms with Gasteiger partial charge in [0.2, 0.25) is 15.9 Å². The summed E-state index contributed by atoms with van der Waals surface area (Å²) in [6, 6.07) is 12.1. The molecule has 0 radical (unpaired) electrons. The number of rotatable bonds is 6. The van der Waals surface area contributed by atoms with Crippen molar-refractivity contribution < 1.29 is 13.2 Å². The number of amides is 1. The third-order valence-corrected chi connectivity index (χ3v) is 5.80. The second-order valence-electron chi connectivity index (χ2n) is 5.96. The molecule has 134 valence electrons. The Kier molecular flexibility index (Phi) is 5.94. The first-order chi connectivity index (χ1) is 11.7. The van der Waals surface area contributed by atoms with E-state index >= 15 is 0 Å². The van der Waals surface area contributed by atoms with E-state index in [1.54, 1.807) is 36.4 Å². The Morgan fingerprint density at radius 2 is 1.84 bits per heavy atom. The molecule has 0 aliphatic carbocycles. The van der Waals surface area contributed by atoms with Crippen LogP contribution in [0.15, 0.2) is 47.4 Å².